The van der Waals surface area contributed by atoms with Crippen molar-refractivity contribution in [3.05, 3.63) is 59.9 Å². The van der Waals surface area contributed by atoms with E-state index in [-0.39, 0.29) is 22.3 Å². The first-order valence-corrected chi connectivity index (χ1v) is 9.98. The van der Waals surface area contributed by atoms with Crippen molar-refractivity contribution in [3.8, 4) is 0 Å². The Labute approximate surface area is 156 Å². The maximum atomic E-state index is 13.6. The van der Waals surface area contributed by atoms with E-state index in [0.29, 0.717) is 5.56 Å². The van der Waals surface area contributed by atoms with Crippen molar-refractivity contribution in [1.29, 1.82) is 0 Å². The van der Waals surface area contributed by atoms with Crippen LogP contribution in [0, 0.1) is 11.7 Å². The van der Waals surface area contributed by atoms with E-state index in [1.807, 2.05) is 0 Å². The predicted molar refractivity (Wildman–Crippen MR) is 98.3 cm³/mol. The largest absolute Gasteiger partial charge is 0.322 e. The number of hydrogen-bond acceptors (Lipinski definition) is 4. The lowest BCUT2D eigenvalue weighted by Gasteiger charge is -2.15. The number of carbonyl (C=O) groups excluding carboxylic acids is 2. The van der Waals surface area contributed by atoms with Gasteiger partial charge in [0.05, 0.1) is 16.6 Å². The molecule has 0 bridgehead atoms. The van der Waals surface area contributed by atoms with Gasteiger partial charge in [0.25, 0.3) is 0 Å². The topological polar surface area (TPSA) is 92.3 Å². The molecule has 0 radical (unpaired) electrons. The van der Waals surface area contributed by atoms with Crippen LogP contribution < -0.4 is 10.0 Å². The Kier molecular flexibility index (Phi) is 5.38. The fraction of sp³-hybridized carbons (Fsp3) is 0.263. The molecule has 2 aromatic rings. The second kappa shape index (κ2) is 7.58. The SMILES string of the molecule is CC(NS(=O)(=O)c1ccc(C(=O)C2CC2)cc1)C(=O)Nc1ccccc1F. The molecule has 1 saturated carbocycles. The summed E-state index contributed by atoms with van der Waals surface area (Å²) in [6.45, 7) is 1.36. The molecule has 27 heavy (non-hydrogen) atoms. The number of Topliss-reactive ketones (excluding diaryl/α,β-unsaturated/α-hetero) is 1. The third-order valence-corrected chi connectivity index (χ3v) is 5.81. The molecule has 2 aromatic carbocycles. The minimum absolute atomic E-state index is 0.0181. The maximum absolute atomic E-state index is 13.6. The minimum Gasteiger partial charge on any atom is -0.322 e. The second-order valence-corrected chi connectivity index (χ2v) is 8.19. The van der Waals surface area contributed by atoms with Crippen LogP contribution in [0.1, 0.15) is 30.1 Å². The Balaban J connectivity index is 1.67. The number of rotatable bonds is 7. The molecule has 1 unspecified atom stereocenters. The van der Waals surface area contributed by atoms with Crippen molar-refractivity contribution in [1.82, 2.24) is 4.72 Å². The number of anilines is 1. The van der Waals surface area contributed by atoms with Crippen LogP contribution in [0.25, 0.3) is 0 Å². The summed E-state index contributed by atoms with van der Waals surface area (Å²) in [5, 5.41) is 2.34. The Morgan fingerprint density at radius 3 is 2.30 bits per heavy atom. The van der Waals surface area contributed by atoms with Crippen LogP contribution in [0.4, 0.5) is 10.1 Å². The summed E-state index contributed by atoms with van der Waals surface area (Å²) in [7, 11) is -3.97. The highest BCUT2D eigenvalue weighted by Gasteiger charge is 2.30. The van der Waals surface area contributed by atoms with Gasteiger partial charge in [0, 0.05) is 11.5 Å². The van der Waals surface area contributed by atoms with Crippen LogP contribution in [-0.2, 0) is 14.8 Å². The molecule has 0 aliphatic heterocycles. The highest BCUT2D eigenvalue weighted by Crippen LogP contribution is 2.32. The van der Waals surface area contributed by atoms with Gasteiger partial charge in [-0.3, -0.25) is 9.59 Å². The Morgan fingerprint density at radius 2 is 1.70 bits per heavy atom. The Bertz CT molecular complexity index is 969. The van der Waals surface area contributed by atoms with E-state index in [1.54, 1.807) is 6.07 Å². The number of nitrogens with one attached hydrogen (secondary N) is 2. The molecule has 1 aliphatic carbocycles. The summed E-state index contributed by atoms with van der Waals surface area (Å²) in [5.74, 6) is -1.24. The molecule has 0 heterocycles. The summed E-state index contributed by atoms with van der Waals surface area (Å²) in [6.07, 6.45) is 1.74. The van der Waals surface area contributed by atoms with Gasteiger partial charge < -0.3 is 5.32 Å². The van der Waals surface area contributed by atoms with Gasteiger partial charge in [0.2, 0.25) is 15.9 Å². The first kappa shape index (κ1) is 19.2. The average molecular weight is 390 g/mol. The molecule has 0 aromatic heterocycles. The van der Waals surface area contributed by atoms with Crippen molar-refractivity contribution in [3.63, 3.8) is 0 Å². The lowest BCUT2D eigenvalue weighted by atomic mass is 10.1. The number of amides is 1. The fourth-order valence-corrected chi connectivity index (χ4v) is 3.74. The van der Waals surface area contributed by atoms with Crippen molar-refractivity contribution in [2.45, 2.75) is 30.7 Å². The summed E-state index contributed by atoms with van der Waals surface area (Å²) < 4.78 is 40.7. The molecule has 2 N–H and O–H groups in total. The number of hydrogen-bond donors (Lipinski definition) is 2. The molecule has 0 spiro atoms. The second-order valence-electron chi connectivity index (χ2n) is 6.47. The third kappa shape index (κ3) is 4.58. The van der Waals surface area contributed by atoms with E-state index < -0.39 is 27.8 Å². The molecular formula is C19H19FN2O4S. The fourth-order valence-electron chi connectivity index (χ4n) is 2.54. The summed E-state index contributed by atoms with van der Waals surface area (Å²) in [6, 6.07) is 10.1. The zero-order valence-corrected chi connectivity index (χ0v) is 15.4. The zero-order chi connectivity index (χ0) is 19.6. The highest BCUT2D eigenvalue weighted by molar-refractivity contribution is 7.89. The van der Waals surface area contributed by atoms with Crippen molar-refractivity contribution in [2.75, 3.05) is 5.32 Å². The minimum atomic E-state index is -3.97. The number of benzene rings is 2. The van der Waals surface area contributed by atoms with Gasteiger partial charge in [0.1, 0.15) is 5.82 Å². The molecule has 1 aliphatic rings. The number of sulfonamides is 1. The zero-order valence-electron chi connectivity index (χ0n) is 14.6. The van der Waals surface area contributed by atoms with Crippen LogP contribution >= 0.6 is 0 Å². The molecule has 6 nitrogen and oxygen atoms in total. The summed E-state index contributed by atoms with van der Waals surface area (Å²) in [5.41, 5.74) is 0.443. The molecule has 1 amide bonds. The standard InChI is InChI=1S/C19H19FN2O4S/c1-12(19(24)21-17-5-3-2-4-16(17)20)22-27(25,26)15-10-8-14(9-11-15)18(23)13-6-7-13/h2-5,8-13,22H,6-7H2,1H3,(H,21,24). The lowest BCUT2D eigenvalue weighted by Crippen LogP contribution is -2.41. The van der Waals surface area contributed by atoms with E-state index in [4.69, 9.17) is 0 Å². The Morgan fingerprint density at radius 1 is 1.07 bits per heavy atom. The van der Waals surface area contributed by atoms with Crippen LogP contribution in [0.5, 0.6) is 0 Å². The van der Waals surface area contributed by atoms with Gasteiger partial charge in [-0.2, -0.15) is 4.72 Å². The van der Waals surface area contributed by atoms with Crippen molar-refractivity contribution in [2.24, 2.45) is 5.92 Å². The van der Waals surface area contributed by atoms with Crippen molar-refractivity contribution >= 4 is 27.4 Å². The van der Waals surface area contributed by atoms with Crippen LogP contribution in [-0.4, -0.2) is 26.2 Å². The number of carbonyl (C=O) groups is 2. The first-order chi connectivity index (χ1) is 12.8. The van der Waals surface area contributed by atoms with Crippen molar-refractivity contribution < 1.29 is 22.4 Å². The molecule has 1 atom stereocenters. The van der Waals surface area contributed by atoms with E-state index in [0.717, 1.165) is 12.8 Å². The molecule has 0 saturated heterocycles. The molecule has 8 heteroatoms. The smallest absolute Gasteiger partial charge is 0.242 e. The number of halogens is 1. The van der Waals surface area contributed by atoms with Gasteiger partial charge in [-0.1, -0.05) is 24.3 Å². The van der Waals surface area contributed by atoms with E-state index in [2.05, 4.69) is 10.0 Å². The number of para-hydroxylation sites is 1. The quantitative estimate of drug-likeness (QED) is 0.711. The van der Waals surface area contributed by atoms with Crippen LogP contribution in [0.15, 0.2) is 53.4 Å². The summed E-state index contributed by atoms with van der Waals surface area (Å²) >= 11 is 0. The average Bonchev–Trinajstić information content (AvgIpc) is 3.48. The highest BCUT2D eigenvalue weighted by atomic mass is 32.2. The van der Waals surface area contributed by atoms with Gasteiger partial charge >= 0.3 is 0 Å². The monoisotopic (exact) mass is 390 g/mol. The van der Waals surface area contributed by atoms with Crippen LogP contribution in [0.2, 0.25) is 0 Å². The maximum Gasteiger partial charge on any atom is 0.242 e. The molecule has 1 fully saturated rings. The van der Waals surface area contributed by atoms with E-state index >= 15 is 0 Å². The predicted octanol–water partition coefficient (Wildman–Crippen LogP) is 2.72. The Hall–Kier alpha value is -2.58. The van der Waals surface area contributed by atoms with Crippen LogP contribution in [0.3, 0.4) is 0 Å². The third-order valence-electron chi connectivity index (χ3n) is 4.25. The van der Waals surface area contributed by atoms with Gasteiger partial charge in [0.15, 0.2) is 5.78 Å². The summed E-state index contributed by atoms with van der Waals surface area (Å²) in [4.78, 5) is 24.1. The first-order valence-electron chi connectivity index (χ1n) is 8.50. The molecule has 3 rings (SSSR count). The lowest BCUT2D eigenvalue weighted by molar-refractivity contribution is -0.117. The molecule has 142 valence electrons. The van der Waals surface area contributed by atoms with E-state index in [1.165, 1.54) is 49.4 Å². The normalized spacial score (nSPS) is 15.2. The van der Waals surface area contributed by atoms with E-state index in [9.17, 15) is 22.4 Å². The number of ketones is 1. The van der Waals surface area contributed by atoms with Gasteiger partial charge in [-0.25, -0.2) is 12.8 Å². The van der Waals surface area contributed by atoms with Gasteiger partial charge in [-0.15, -0.1) is 0 Å². The van der Waals surface area contributed by atoms with Gasteiger partial charge in [-0.05, 0) is 44.0 Å². The molecular weight excluding hydrogens is 371 g/mol.